The summed E-state index contributed by atoms with van der Waals surface area (Å²) in [6.07, 6.45) is 5.47. The van der Waals surface area contributed by atoms with E-state index in [1.165, 1.54) is 11.1 Å². The summed E-state index contributed by atoms with van der Waals surface area (Å²) in [6, 6.07) is 27.1. The molecule has 0 aliphatic rings. The predicted octanol–water partition coefficient (Wildman–Crippen LogP) is 8.34. The first-order valence-electron chi connectivity index (χ1n) is 12.5. The largest absolute Gasteiger partial charge is 2.00 e. The maximum absolute atomic E-state index is 6.38. The first-order valence-corrected chi connectivity index (χ1v) is 12.5. The van der Waals surface area contributed by atoms with Crippen LogP contribution in [0, 0.1) is 12.1 Å². The second kappa shape index (κ2) is 10.8. The number of fused-ring (bicyclic) bond motifs is 1. The summed E-state index contributed by atoms with van der Waals surface area (Å²) in [5.74, 6) is 1.12. The Morgan fingerprint density at radius 2 is 1.26 bits per heavy atom. The Bertz CT molecular complexity index is 1580. The Morgan fingerprint density at radius 3 is 1.89 bits per heavy atom. The molecule has 0 unspecified atom stereocenters. The minimum absolute atomic E-state index is 0. The summed E-state index contributed by atoms with van der Waals surface area (Å²) in [5.41, 5.74) is 6.67. The van der Waals surface area contributed by atoms with Crippen molar-refractivity contribution in [2.24, 2.45) is 0 Å². The SMILES string of the molecule is CC(C)(C)c1ccnc(-c2[c-]c(Oc3[c-]c(-c4cc(C(C)(C)C)ccn4)cc4cccnc34)ccc2)c1.[Pt+2]. The molecule has 0 amide bonds. The second-order valence-electron chi connectivity index (χ2n) is 11.3. The fraction of sp³-hybridized carbons (Fsp3) is 0.242. The Balaban J connectivity index is 0.00000336. The van der Waals surface area contributed by atoms with Crippen molar-refractivity contribution in [3.8, 4) is 34.0 Å². The van der Waals surface area contributed by atoms with Crippen molar-refractivity contribution >= 4 is 10.9 Å². The van der Waals surface area contributed by atoms with Gasteiger partial charge in [0.05, 0.1) is 5.75 Å². The molecule has 0 N–H and O–H groups in total. The molecule has 0 radical (unpaired) electrons. The van der Waals surface area contributed by atoms with Crippen molar-refractivity contribution in [1.82, 2.24) is 15.0 Å². The molecule has 5 aromatic rings. The van der Waals surface area contributed by atoms with Gasteiger partial charge in [-0.3, -0.25) is 0 Å². The van der Waals surface area contributed by atoms with Crippen molar-refractivity contribution in [2.75, 3.05) is 0 Å². The van der Waals surface area contributed by atoms with Crippen LogP contribution in [0.5, 0.6) is 11.5 Å². The van der Waals surface area contributed by atoms with E-state index in [-0.39, 0.29) is 31.9 Å². The Hall–Kier alpha value is -3.36. The molecular weight excluding hydrogens is 649 g/mol. The molecule has 0 aliphatic carbocycles. The van der Waals surface area contributed by atoms with E-state index >= 15 is 0 Å². The van der Waals surface area contributed by atoms with Crippen molar-refractivity contribution in [1.29, 1.82) is 0 Å². The monoisotopic (exact) mass is 680 g/mol. The Labute approximate surface area is 239 Å². The number of pyridine rings is 3. The first-order chi connectivity index (χ1) is 17.6. The van der Waals surface area contributed by atoms with Gasteiger partial charge in [0.15, 0.2) is 0 Å². The van der Waals surface area contributed by atoms with Gasteiger partial charge in [-0.25, -0.2) is 0 Å². The smallest absolute Gasteiger partial charge is 0.494 e. The number of hydrogen-bond acceptors (Lipinski definition) is 4. The molecule has 0 saturated heterocycles. The van der Waals surface area contributed by atoms with Crippen LogP contribution in [0.2, 0.25) is 0 Å². The number of nitrogens with zero attached hydrogens (tertiary/aromatic N) is 3. The molecule has 5 heteroatoms. The molecule has 0 aliphatic heterocycles. The molecule has 5 rings (SSSR count). The van der Waals surface area contributed by atoms with E-state index in [1.54, 1.807) is 6.20 Å². The van der Waals surface area contributed by atoms with E-state index in [1.807, 2.05) is 42.7 Å². The molecule has 0 bridgehead atoms. The quantitative estimate of drug-likeness (QED) is 0.179. The molecule has 4 nitrogen and oxygen atoms in total. The molecule has 194 valence electrons. The minimum atomic E-state index is 0. The second-order valence-corrected chi connectivity index (χ2v) is 11.3. The summed E-state index contributed by atoms with van der Waals surface area (Å²) in [4.78, 5) is 13.8. The van der Waals surface area contributed by atoms with Gasteiger partial charge >= 0.3 is 21.1 Å². The van der Waals surface area contributed by atoms with Crippen molar-refractivity contribution in [3.63, 3.8) is 0 Å². The summed E-state index contributed by atoms with van der Waals surface area (Å²) in [5, 5.41) is 0.963. The van der Waals surface area contributed by atoms with Gasteiger partial charge in [0, 0.05) is 29.9 Å². The summed E-state index contributed by atoms with van der Waals surface area (Å²) >= 11 is 0. The van der Waals surface area contributed by atoms with Crippen molar-refractivity contribution in [3.05, 3.63) is 103 Å². The Morgan fingerprint density at radius 1 is 0.632 bits per heavy atom. The van der Waals surface area contributed by atoms with E-state index in [9.17, 15) is 0 Å². The number of hydrogen-bond donors (Lipinski definition) is 0. The summed E-state index contributed by atoms with van der Waals surface area (Å²) in [6.45, 7) is 13.2. The predicted molar refractivity (Wildman–Crippen MR) is 150 cm³/mol. The van der Waals surface area contributed by atoms with E-state index in [0.717, 1.165) is 33.4 Å². The first kappa shape index (κ1) is 27.7. The van der Waals surface area contributed by atoms with Crippen LogP contribution < -0.4 is 4.74 Å². The van der Waals surface area contributed by atoms with Gasteiger partial charge in [-0.05, 0) is 51.5 Å². The average Bonchev–Trinajstić information content (AvgIpc) is 2.88. The number of benzene rings is 2. The third-order valence-corrected chi connectivity index (χ3v) is 6.39. The van der Waals surface area contributed by atoms with E-state index in [0.29, 0.717) is 11.5 Å². The van der Waals surface area contributed by atoms with Crippen molar-refractivity contribution < 1.29 is 25.8 Å². The van der Waals surface area contributed by atoms with Crippen LogP contribution in [-0.2, 0) is 31.9 Å². The van der Waals surface area contributed by atoms with E-state index < -0.39 is 0 Å². The molecule has 2 aromatic carbocycles. The van der Waals surface area contributed by atoms with Gasteiger partial charge in [-0.1, -0.05) is 77.3 Å². The zero-order valence-electron chi connectivity index (χ0n) is 22.6. The topological polar surface area (TPSA) is 47.9 Å². The van der Waals surface area contributed by atoms with Crippen LogP contribution in [0.25, 0.3) is 33.4 Å². The zero-order chi connectivity index (χ0) is 26.2. The molecule has 38 heavy (non-hydrogen) atoms. The zero-order valence-corrected chi connectivity index (χ0v) is 24.8. The number of ether oxygens (including phenoxy) is 1. The van der Waals surface area contributed by atoms with E-state index in [4.69, 9.17) is 4.74 Å². The molecule has 0 saturated carbocycles. The molecule has 0 atom stereocenters. The van der Waals surface area contributed by atoms with Gasteiger partial charge in [-0.15, -0.1) is 35.4 Å². The average molecular weight is 681 g/mol. The van der Waals surface area contributed by atoms with E-state index in [2.05, 4.69) is 99.0 Å². The van der Waals surface area contributed by atoms with Crippen LogP contribution >= 0.6 is 0 Å². The fourth-order valence-corrected chi connectivity index (χ4v) is 4.16. The van der Waals surface area contributed by atoms with Gasteiger partial charge in [-0.2, -0.15) is 0 Å². The molecule has 3 heterocycles. The van der Waals surface area contributed by atoms with Crippen LogP contribution in [-0.4, -0.2) is 15.0 Å². The standard InChI is InChI=1S/C33H31N3O.Pt/c1-32(2,3)25-12-15-34-28(20-25)22-9-7-11-27(18-22)37-30-19-24(17-23-10-8-14-36-31(23)30)29-21-26(13-16-35-29)33(4,5)6;/h7-17,20-21H,1-6H3;/q-2;+2. The number of aromatic nitrogens is 3. The minimum Gasteiger partial charge on any atom is -0.494 e. The van der Waals surface area contributed by atoms with Gasteiger partial charge < -0.3 is 19.7 Å². The molecule has 0 spiro atoms. The van der Waals surface area contributed by atoms with Gasteiger partial charge in [0.1, 0.15) is 0 Å². The van der Waals surface area contributed by atoms with Crippen LogP contribution in [0.1, 0.15) is 52.7 Å². The molecule has 3 aromatic heterocycles. The normalized spacial score (nSPS) is 11.7. The molecular formula is C33H31N3OPt. The third-order valence-electron chi connectivity index (χ3n) is 6.39. The maximum atomic E-state index is 6.38. The van der Waals surface area contributed by atoms with Crippen molar-refractivity contribution in [2.45, 2.75) is 52.4 Å². The fourth-order valence-electron chi connectivity index (χ4n) is 4.16. The third kappa shape index (κ3) is 6.02. The van der Waals surface area contributed by atoms with Crippen LogP contribution in [0.3, 0.4) is 0 Å². The van der Waals surface area contributed by atoms with Gasteiger partial charge in [0.2, 0.25) is 0 Å². The summed E-state index contributed by atoms with van der Waals surface area (Å²) < 4.78 is 6.38. The van der Waals surface area contributed by atoms with Crippen LogP contribution in [0.4, 0.5) is 0 Å². The molecule has 0 fully saturated rings. The number of rotatable bonds is 4. The maximum Gasteiger partial charge on any atom is 2.00 e. The Kier molecular flexibility index (Phi) is 7.85. The summed E-state index contributed by atoms with van der Waals surface area (Å²) in [7, 11) is 0. The van der Waals surface area contributed by atoms with Gasteiger partial charge in [0.25, 0.3) is 0 Å². The van der Waals surface area contributed by atoms with Crippen LogP contribution in [0.15, 0.2) is 79.3 Å².